The number of benzene rings is 8. The highest BCUT2D eigenvalue weighted by molar-refractivity contribution is 6.11. The Morgan fingerprint density at radius 1 is 0.316 bits per heavy atom. The Kier molecular flexibility index (Phi) is 7.05. The van der Waals surface area contributed by atoms with E-state index in [1.165, 1.54) is 99.4 Å². The first kappa shape index (κ1) is 31.9. The van der Waals surface area contributed by atoms with Gasteiger partial charge in [0.25, 0.3) is 0 Å². The Morgan fingerprint density at radius 2 is 0.825 bits per heavy atom. The fraction of sp³-hybridized carbons (Fsp3) is 0.0370. The second kappa shape index (κ2) is 12.6. The molecule has 57 heavy (non-hydrogen) atoms. The van der Waals surface area contributed by atoms with Crippen molar-refractivity contribution in [2.24, 2.45) is 0 Å². The summed E-state index contributed by atoms with van der Waals surface area (Å²) in [6, 6.07) is 69.0. The molecule has 8 aromatic carbocycles. The molecule has 3 heterocycles. The summed E-state index contributed by atoms with van der Waals surface area (Å²) in [5.74, 6) is 0. The molecular weight excluding hydrogens is 691 g/mol. The summed E-state index contributed by atoms with van der Waals surface area (Å²) in [7, 11) is 0. The minimum absolute atomic E-state index is 1.02. The van der Waals surface area contributed by atoms with Gasteiger partial charge in [0.1, 0.15) is 0 Å². The van der Waals surface area contributed by atoms with Crippen molar-refractivity contribution in [2.45, 2.75) is 12.8 Å². The lowest BCUT2D eigenvalue weighted by atomic mass is 9.99. The number of hydrogen-bond acceptors (Lipinski definition) is 0. The molecule has 0 aliphatic heterocycles. The number of fused-ring (bicyclic) bond motifs is 9. The van der Waals surface area contributed by atoms with Crippen LogP contribution >= 0.6 is 0 Å². The second-order valence-corrected chi connectivity index (χ2v) is 15.3. The summed E-state index contributed by atoms with van der Waals surface area (Å²) in [6.07, 6.45) is 6.74. The minimum Gasteiger partial charge on any atom is -0.310 e. The van der Waals surface area contributed by atoms with Gasteiger partial charge in [-0.25, -0.2) is 0 Å². The zero-order chi connectivity index (χ0) is 37.5. The SMILES string of the molecule is C1=Cc2c(c3cc(-n4c5ccccc5c5ccccc54)ccc3n2-c2ccc3c4ccccc4n(-c4cccc(-c5cccc(-c6ccccc6)c5)c4)c3c2)CC1. The van der Waals surface area contributed by atoms with E-state index >= 15 is 0 Å². The maximum Gasteiger partial charge on any atom is 0.0561 e. The Morgan fingerprint density at radius 3 is 1.54 bits per heavy atom. The highest BCUT2D eigenvalue weighted by atomic mass is 15.0. The van der Waals surface area contributed by atoms with E-state index in [0.717, 1.165) is 18.5 Å². The van der Waals surface area contributed by atoms with Gasteiger partial charge in [-0.1, -0.05) is 127 Å². The standard InChI is InChI=1S/C54H37N3/c1-2-14-36(15-3-1)37-16-12-17-38(32-37)39-18-13-19-40(33-39)57-51-26-10-6-22-45(51)47-30-28-42(35-54(47)57)56-52-27-11-7-23-46(52)48-34-41(29-31-53(48)56)55-49-24-8-4-20-43(49)44-21-5-9-25-50(44)55/h1-6,8-22,24-35H,7,23H2. The molecule has 12 rings (SSSR count). The topological polar surface area (TPSA) is 14.8 Å². The van der Waals surface area contributed by atoms with Gasteiger partial charge in [-0.2, -0.15) is 0 Å². The molecule has 0 spiro atoms. The number of rotatable bonds is 5. The van der Waals surface area contributed by atoms with Crippen LogP contribution in [0.25, 0.3) is 99.9 Å². The number of nitrogens with zero attached hydrogens (tertiary/aromatic N) is 3. The summed E-state index contributed by atoms with van der Waals surface area (Å²) in [4.78, 5) is 0. The van der Waals surface area contributed by atoms with E-state index in [9.17, 15) is 0 Å². The molecule has 11 aromatic rings. The van der Waals surface area contributed by atoms with Crippen LogP contribution in [0.5, 0.6) is 0 Å². The van der Waals surface area contributed by atoms with Crippen LogP contribution in [0, 0.1) is 0 Å². The molecule has 0 saturated carbocycles. The Hall–Kier alpha value is -7.36. The summed E-state index contributed by atoms with van der Waals surface area (Å²) in [5.41, 5.74) is 17.2. The smallest absolute Gasteiger partial charge is 0.0561 e. The quantitative estimate of drug-likeness (QED) is 0.168. The van der Waals surface area contributed by atoms with Crippen LogP contribution in [0.1, 0.15) is 17.7 Å². The van der Waals surface area contributed by atoms with Gasteiger partial charge in [0.15, 0.2) is 0 Å². The van der Waals surface area contributed by atoms with Crippen LogP contribution in [-0.4, -0.2) is 13.7 Å². The van der Waals surface area contributed by atoms with Crippen LogP contribution < -0.4 is 0 Å². The molecule has 0 N–H and O–H groups in total. The van der Waals surface area contributed by atoms with Crippen LogP contribution in [-0.2, 0) is 6.42 Å². The van der Waals surface area contributed by atoms with Gasteiger partial charge in [-0.05, 0) is 113 Å². The average molecular weight is 728 g/mol. The number of aryl methyl sites for hydroxylation is 1. The second-order valence-electron chi connectivity index (χ2n) is 15.3. The first-order valence-corrected chi connectivity index (χ1v) is 19.9. The molecule has 0 unspecified atom stereocenters. The molecule has 3 heteroatoms. The molecule has 0 bridgehead atoms. The summed E-state index contributed by atoms with van der Waals surface area (Å²) in [6.45, 7) is 0. The monoisotopic (exact) mass is 727 g/mol. The van der Waals surface area contributed by atoms with Crippen molar-refractivity contribution in [1.82, 2.24) is 13.7 Å². The third kappa shape index (κ3) is 4.92. The largest absolute Gasteiger partial charge is 0.310 e. The Bertz CT molecular complexity index is 3350. The van der Waals surface area contributed by atoms with Gasteiger partial charge in [-0.15, -0.1) is 0 Å². The zero-order valence-corrected chi connectivity index (χ0v) is 31.3. The van der Waals surface area contributed by atoms with Gasteiger partial charge in [0, 0.05) is 49.7 Å². The fourth-order valence-corrected chi connectivity index (χ4v) is 9.55. The average Bonchev–Trinajstić information content (AvgIpc) is 3.92. The van der Waals surface area contributed by atoms with Crippen LogP contribution in [0.2, 0.25) is 0 Å². The Balaban J connectivity index is 1.04. The number of allylic oxidation sites excluding steroid dienone is 1. The first-order valence-electron chi connectivity index (χ1n) is 19.9. The van der Waals surface area contributed by atoms with E-state index in [0.29, 0.717) is 0 Å². The maximum atomic E-state index is 2.49. The van der Waals surface area contributed by atoms with Gasteiger partial charge >= 0.3 is 0 Å². The van der Waals surface area contributed by atoms with Crippen molar-refractivity contribution in [1.29, 1.82) is 0 Å². The molecule has 3 nitrogen and oxygen atoms in total. The van der Waals surface area contributed by atoms with Gasteiger partial charge in [0.2, 0.25) is 0 Å². The van der Waals surface area contributed by atoms with E-state index in [4.69, 9.17) is 0 Å². The number of aromatic nitrogens is 3. The fourth-order valence-electron chi connectivity index (χ4n) is 9.55. The van der Waals surface area contributed by atoms with E-state index < -0.39 is 0 Å². The van der Waals surface area contributed by atoms with E-state index in [1.807, 2.05) is 0 Å². The molecular formula is C54H37N3. The van der Waals surface area contributed by atoms with Crippen LogP contribution in [0.3, 0.4) is 0 Å². The molecule has 0 saturated heterocycles. The van der Waals surface area contributed by atoms with Gasteiger partial charge < -0.3 is 13.7 Å². The van der Waals surface area contributed by atoms with Crippen molar-refractivity contribution in [3.05, 3.63) is 205 Å². The lowest BCUT2D eigenvalue weighted by Gasteiger charge is -2.14. The number of hydrogen-bond donors (Lipinski definition) is 0. The lowest BCUT2D eigenvalue weighted by Crippen LogP contribution is -2.01. The highest BCUT2D eigenvalue weighted by Gasteiger charge is 2.22. The molecule has 1 aliphatic rings. The van der Waals surface area contributed by atoms with Crippen LogP contribution in [0.15, 0.2) is 194 Å². The van der Waals surface area contributed by atoms with Crippen molar-refractivity contribution < 1.29 is 0 Å². The molecule has 268 valence electrons. The van der Waals surface area contributed by atoms with E-state index in [2.05, 4.69) is 214 Å². The highest BCUT2D eigenvalue weighted by Crippen LogP contribution is 2.40. The Labute approximate surface area is 330 Å². The minimum atomic E-state index is 1.02. The lowest BCUT2D eigenvalue weighted by molar-refractivity contribution is 0.968. The summed E-state index contributed by atoms with van der Waals surface area (Å²) in [5, 5.41) is 6.39. The summed E-state index contributed by atoms with van der Waals surface area (Å²) < 4.78 is 7.37. The van der Waals surface area contributed by atoms with Gasteiger partial charge in [0.05, 0.1) is 27.6 Å². The maximum absolute atomic E-state index is 2.49. The predicted molar refractivity (Wildman–Crippen MR) is 240 cm³/mol. The van der Waals surface area contributed by atoms with Crippen molar-refractivity contribution in [3.8, 4) is 39.3 Å². The molecule has 0 amide bonds. The molecule has 0 atom stereocenters. The number of para-hydroxylation sites is 3. The van der Waals surface area contributed by atoms with Crippen molar-refractivity contribution in [2.75, 3.05) is 0 Å². The normalized spacial score (nSPS) is 12.7. The van der Waals surface area contributed by atoms with Crippen molar-refractivity contribution >= 4 is 60.6 Å². The molecule has 1 aliphatic carbocycles. The van der Waals surface area contributed by atoms with Crippen LogP contribution in [0.4, 0.5) is 0 Å². The predicted octanol–water partition coefficient (Wildman–Crippen LogP) is 14.1. The van der Waals surface area contributed by atoms with Gasteiger partial charge in [-0.3, -0.25) is 0 Å². The zero-order valence-electron chi connectivity index (χ0n) is 31.3. The van der Waals surface area contributed by atoms with E-state index in [-0.39, 0.29) is 0 Å². The van der Waals surface area contributed by atoms with Crippen molar-refractivity contribution in [3.63, 3.8) is 0 Å². The molecule has 0 radical (unpaired) electrons. The summed E-state index contributed by atoms with van der Waals surface area (Å²) >= 11 is 0. The third-order valence-corrected chi connectivity index (χ3v) is 12.1. The van der Waals surface area contributed by atoms with E-state index in [1.54, 1.807) is 0 Å². The molecule has 0 fully saturated rings. The first-order chi connectivity index (χ1) is 28.3. The third-order valence-electron chi connectivity index (χ3n) is 12.1. The molecule has 3 aromatic heterocycles.